The molecule has 0 aliphatic heterocycles. The average Bonchev–Trinajstić information content (AvgIpc) is 2.33. The van der Waals surface area contributed by atoms with Gasteiger partial charge in [0.15, 0.2) is 0 Å². The maximum Gasteiger partial charge on any atom is 0.0524 e. The highest BCUT2D eigenvalue weighted by atomic mass is 14.8. The lowest BCUT2D eigenvalue weighted by atomic mass is 9.99. The Morgan fingerprint density at radius 2 is 2.75 bits per heavy atom. The normalized spacial score (nSPS) is 26.2. The van der Waals surface area contributed by atoms with E-state index in [1.165, 1.54) is 23.2 Å². The summed E-state index contributed by atoms with van der Waals surface area (Å²) in [6.45, 7) is 0. The second-order valence-corrected chi connectivity index (χ2v) is 2.44. The lowest BCUT2D eigenvalue weighted by Gasteiger charge is -2.03. The Morgan fingerprint density at radius 3 is 3.50 bits per heavy atom. The monoisotopic (exact) mass is 102 g/mol. The van der Waals surface area contributed by atoms with Crippen molar-refractivity contribution in [3.05, 3.63) is 29.1 Å². The molecule has 1 heterocycles. The van der Waals surface area contributed by atoms with Gasteiger partial charge in [-0.3, -0.25) is 4.98 Å². The van der Waals surface area contributed by atoms with Crippen LogP contribution in [0.25, 0.3) is 0 Å². The first-order valence-corrected chi connectivity index (χ1v) is 2.86. The zero-order valence-electron chi connectivity index (χ0n) is 4.31. The van der Waals surface area contributed by atoms with Crippen LogP contribution in [0, 0.1) is 6.07 Å². The van der Waals surface area contributed by atoms with Crippen LogP contribution in [0.4, 0.5) is 0 Å². The summed E-state index contributed by atoms with van der Waals surface area (Å²) in [7, 11) is 0. The van der Waals surface area contributed by atoms with Crippen molar-refractivity contribution in [1.82, 2.24) is 4.98 Å². The van der Waals surface area contributed by atoms with Crippen molar-refractivity contribution in [1.29, 1.82) is 0 Å². The summed E-state index contributed by atoms with van der Waals surface area (Å²) < 4.78 is 0. The summed E-state index contributed by atoms with van der Waals surface area (Å²) in [5.74, 6) is 0.788. The number of rotatable bonds is 0. The molecule has 1 radical (unpaired) electrons. The summed E-state index contributed by atoms with van der Waals surface area (Å²) in [5, 5.41) is 0. The molecule has 1 aromatic rings. The van der Waals surface area contributed by atoms with Crippen molar-refractivity contribution < 1.29 is 0 Å². The number of pyridine rings is 1. The van der Waals surface area contributed by atoms with Gasteiger partial charge in [0.1, 0.15) is 0 Å². The fourth-order valence-corrected chi connectivity index (χ4v) is 1.48. The molecule has 0 bridgehead atoms. The van der Waals surface area contributed by atoms with Crippen molar-refractivity contribution in [2.24, 2.45) is 0 Å². The standard InChI is InChI=1S/C7H4N/c1-2-8-7-5-3-4(1)6(5)7/h2,5H,3H2. The van der Waals surface area contributed by atoms with Gasteiger partial charge in [-0.25, -0.2) is 0 Å². The van der Waals surface area contributed by atoms with Crippen molar-refractivity contribution in [3.63, 3.8) is 0 Å². The Bertz CT molecular complexity index is 265. The quantitative estimate of drug-likeness (QED) is 0.474. The molecule has 0 spiro atoms. The number of hydrogen-bond acceptors (Lipinski definition) is 1. The third-order valence-corrected chi connectivity index (χ3v) is 2.05. The van der Waals surface area contributed by atoms with E-state index in [1.54, 1.807) is 6.20 Å². The van der Waals surface area contributed by atoms with Gasteiger partial charge in [0.25, 0.3) is 0 Å². The van der Waals surface area contributed by atoms with E-state index in [1.807, 2.05) is 0 Å². The first-order chi connectivity index (χ1) is 3.97. The van der Waals surface area contributed by atoms with Crippen LogP contribution < -0.4 is 0 Å². The van der Waals surface area contributed by atoms with Crippen molar-refractivity contribution in [2.45, 2.75) is 12.3 Å². The SMILES string of the molecule is [c]1cnc2c3c1CC23. The zero-order chi connectivity index (χ0) is 5.14. The molecule has 0 saturated heterocycles. The van der Waals surface area contributed by atoms with Gasteiger partial charge in [-0.15, -0.1) is 0 Å². The van der Waals surface area contributed by atoms with Crippen LogP contribution in [-0.2, 0) is 6.42 Å². The lowest BCUT2D eigenvalue weighted by Crippen LogP contribution is -1.94. The van der Waals surface area contributed by atoms with Crippen LogP contribution in [0.15, 0.2) is 6.20 Å². The third-order valence-electron chi connectivity index (χ3n) is 2.05. The Balaban J connectivity index is 2.54. The van der Waals surface area contributed by atoms with E-state index < -0.39 is 0 Å². The van der Waals surface area contributed by atoms with E-state index in [2.05, 4.69) is 11.1 Å². The average molecular weight is 102 g/mol. The third kappa shape index (κ3) is 0.166. The number of aromatic nitrogens is 1. The summed E-state index contributed by atoms with van der Waals surface area (Å²) >= 11 is 0. The molecule has 0 aromatic carbocycles. The van der Waals surface area contributed by atoms with Crippen LogP contribution in [0.5, 0.6) is 0 Å². The number of nitrogens with zero attached hydrogens (tertiary/aromatic N) is 1. The fourth-order valence-electron chi connectivity index (χ4n) is 1.48. The van der Waals surface area contributed by atoms with Gasteiger partial charge in [-0.05, 0) is 17.5 Å². The lowest BCUT2D eigenvalue weighted by molar-refractivity contribution is 0.864. The van der Waals surface area contributed by atoms with Gasteiger partial charge < -0.3 is 0 Å². The van der Waals surface area contributed by atoms with E-state index in [0.717, 1.165) is 5.92 Å². The molecule has 2 aliphatic rings. The van der Waals surface area contributed by atoms with Gasteiger partial charge in [-0.2, -0.15) is 0 Å². The van der Waals surface area contributed by atoms with Crippen molar-refractivity contribution in [3.8, 4) is 0 Å². The Morgan fingerprint density at radius 1 is 1.75 bits per heavy atom. The second kappa shape index (κ2) is 0.711. The molecule has 0 saturated carbocycles. The van der Waals surface area contributed by atoms with Gasteiger partial charge in [0, 0.05) is 18.2 Å². The van der Waals surface area contributed by atoms with Gasteiger partial charge in [-0.1, -0.05) is 0 Å². The molecule has 1 unspecified atom stereocenters. The number of fused-ring (bicyclic) bond motifs is 1. The van der Waals surface area contributed by atoms with E-state index in [0.29, 0.717) is 0 Å². The molecule has 0 N–H and O–H groups in total. The molecule has 1 heteroatoms. The Kier molecular flexibility index (Phi) is 0.287. The summed E-state index contributed by atoms with van der Waals surface area (Å²) in [6, 6.07) is 3.11. The Labute approximate surface area is 47.4 Å². The van der Waals surface area contributed by atoms with E-state index in [-0.39, 0.29) is 0 Å². The van der Waals surface area contributed by atoms with E-state index in [4.69, 9.17) is 0 Å². The minimum atomic E-state index is 0.788. The smallest absolute Gasteiger partial charge is 0.0524 e. The van der Waals surface area contributed by atoms with Crippen molar-refractivity contribution >= 4 is 0 Å². The molecule has 3 rings (SSSR count). The summed E-state index contributed by atoms with van der Waals surface area (Å²) in [5.41, 5.74) is 4.27. The highest BCUT2D eigenvalue weighted by Crippen LogP contribution is 2.54. The molecule has 2 aliphatic carbocycles. The summed E-state index contributed by atoms with van der Waals surface area (Å²) in [4.78, 5) is 4.15. The zero-order valence-corrected chi connectivity index (χ0v) is 4.31. The maximum absolute atomic E-state index is 4.15. The minimum absolute atomic E-state index is 0.788. The largest absolute Gasteiger partial charge is 0.260 e. The minimum Gasteiger partial charge on any atom is -0.260 e. The molecule has 0 fully saturated rings. The molecule has 1 nitrogen and oxygen atoms in total. The predicted octanol–water partition coefficient (Wildman–Crippen LogP) is 0.883. The second-order valence-electron chi connectivity index (χ2n) is 2.44. The van der Waals surface area contributed by atoms with Crippen LogP contribution in [0.2, 0.25) is 0 Å². The highest BCUT2D eigenvalue weighted by Gasteiger charge is 2.45. The van der Waals surface area contributed by atoms with Crippen LogP contribution in [0.1, 0.15) is 22.7 Å². The Hall–Kier alpha value is -0.850. The number of hydrogen-bond donors (Lipinski definition) is 0. The first kappa shape index (κ1) is 3.23. The maximum atomic E-state index is 4.15. The molecule has 37 valence electrons. The highest BCUT2D eigenvalue weighted by molar-refractivity contribution is 5.61. The first-order valence-electron chi connectivity index (χ1n) is 2.86. The van der Waals surface area contributed by atoms with Crippen LogP contribution in [-0.4, -0.2) is 4.98 Å². The van der Waals surface area contributed by atoms with E-state index in [9.17, 15) is 0 Å². The fraction of sp³-hybridized carbons (Fsp3) is 0.286. The van der Waals surface area contributed by atoms with Gasteiger partial charge >= 0.3 is 0 Å². The molecule has 0 amide bonds. The summed E-state index contributed by atoms with van der Waals surface area (Å²) in [6.07, 6.45) is 3.02. The molecule has 1 atom stereocenters. The van der Waals surface area contributed by atoms with E-state index >= 15 is 0 Å². The molecule has 1 aromatic heterocycles. The molecular weight excluding hydrogens is 98.1 g/mol. The predicted molar refractivity (Wildman–Crippen MR) is 28.6 cm³/mol. The van der Waals surface area contributed by atoms with Gasteiger partial charge in [0.05, 0.1) is 5.69 Å². The topological polar surface area (TPSA) is 12.9 Å². The van der Waals surface area contributed by atoms with Gasteiger partial charge in [0.2, 0.25) is 0 Å². The van der Waals surface area contributed by atoms with Crippen LogP contribution >= 0.6 is 0 Å². The molecular formula is C7H4N. The van der Waals surface area contributed by atoms with Crippen LogP contribution in [0.3, 0.4) is 0 Å². The molecule has 8 heavy (non-hydrogen) atoms. The van der Waals surface area contributed by atoms with Crippen molar-refractivity contribution in [2.75, 3.05) is 0 Å².